The number of ether oxygens (including phenoxy) is 1. The number of amides is 1. The number of hydrogen-bond donors (Lipinski definition) is 2. The van der Waals surface area contributed by atoms with E-state index < -0.39 is 11.4 Å². The molecule has 0 aromatic carbocycles. The molecule has 1 rings (SSSR count). The van der Waals surface area contributed by atoms with Crippen LogP contribution < -0.4 is 5.32 Å². The molecule has 0 bridgehead atoms. The summed E-state index contributed by atoms with van der Waals surface area (Å²) in [6.45, 7) is 6.60. The number of aliphatic carboxylic acids is 1. The summed E-state index contributed by atoms with van der Waals surface area (Å²) < 4.78 is 5.21. The maximum Gasteiger partial charge on any atom is 0.310 e. The van der Waals surface area contributed by atoms with Crippen LogP contribution >= 0.6 is 0 Å². The molecule has 1 heterocycles. The lowest BCUT2D eigenvalue weighted by Crippen LogP contribution is -2.44. The molecule has 1 aliphatic heterocycles. The highest BCUT2D eigenvalue weighted by atomic mass is 16.5. The number of carbonyl (C=O) groups is 2. The third-order valence-electron chi connectivity index (χ3n) is 3.88. The van der Waals surface area contributed by atoms with Crippen molar-refractivity contribution in [3.8, 4) is 0 Å². The van der Waals surface area contributed by atoms with E-state index in [4.69, 9.17) is 4.74 Å². The van der Waals surface area contributed by atoms with Crippen LogP contribution in [-0.4, -0.2) is 36.2 Å². The van der Waals surface area contributed by atoms with E-state index in [0.717, 1.165) is 12.8 Å². The lowest BCUT2D eigenvalue weighted by atomic mass is 9.76. The number of hydrogen-bond acceptors (Lipinski definition) is 3. The van der Waals surface area contributed by atoms with Crippen molar-refractivity contribution < 1.29 is 19.4 Å². The number of nitrogens with one attached hydrogen (secondary N) is 1. The maximum atomic E-state index is 11.9. The van der Waals surface area contributed by atoms with E-state index in [2.05, 4.69) is 5.32 Å². The highest BCUT2D eigenvalue weighted by molar-refractivity contribution is 5.85. The molecule has 0 saturated carbocycles. The third-order valence-corrected chi connectivity index (χ3v) is 3.88. The van der Waals surface area contributed by atoms with Gasteiger partial charge in [0.15, 0.2) is 0 Å². The molecular weight excluding hydrogens is 234 g/mol. The predicted octanol–water partition coefficient (Wildman–Crippen LogP) is 1.42. The van der Waals surface area contributed by atoms with Gasteiger partial charge in [0.05, 0.1) is 5.41 Å². The zero-order valence-electron chi connectivity index (χ0n) is 11.4. The Hall–Kier alpha value is -1.10. The predicted molar refractivity (Wildman–Crippen MR) is 67.2 cm³/mol. The fourth-order valence-corrected chi connectivity index (χ4v) is 1.98. The van der Waals surface area contributed by atoms with E-state index >= 15 is 0 Å². The Morgan fingerprint density at radius 2 is 1.94 bits per heavy atom. The standard InChI is InChI=1S/C13H23NO4/c1-9(2)13(3,12(16)17)8-11(15)14-10-4-6-18-7-5-10/h9-10H,4-8H2,1-3H3,(H,14,15)(H,16,17). The fraction of sp³-hybridized carbons (Fsp3) is 0.846. The average Bonchev–Trinajstić information content (AvgIpc) is 2.29. The number of carboxylic acids is 1. The number of rotatable bonds is 5. The van der Waals surface area contributed by atoms with Crippen molar-refractivity contribution in [2.24, 2.45) is 11.3 Å². The summed E-state index contributed by atoms with van der Waals surface area (Å²) in [5.74, 6) is -1.18. The molecule has 5 heteroatoms. The number of carbonyl (C=O) groups excluding carboxylic acids is 1. The van der Waals surface area contributed by atoms with Gasteiger partial charge in [-0.25, -0.2) is 0 Å². The van der Waals surface area contributed by atoms with Crippen molar-refractivity contribution in [1.82, 2.24) is 5.32 Å². The molecule has 5 nitrogen and oxygen atoms in total. The molecule has 0 spiro atoms. The minimum Gasteiger partial charge on any atom is -0.481 e. The zero-order valence-corrected chi connectivity index (χ0v) is 11.4. The fourth-order valence-electron chi connectivity index (χ4n) is 1.98. The molecule has 1 amide bonds. The maximum absolute atomic E-state index is 11.9. The largest absolute Gasteiger partial charge is 0.481 e. The van der Waals surface area contributed by atoms with Crippen molar-refractivity contribution in [2.75, 3.05) is 13.2 Å². The first kappa shape index (κ1) is 15.0. The summed E-state index contributed by atoms with van der Waals surface area (Å²) in [6, 6.07) is 0.122. The Bertz CT molecular complexity index is 310. The average molecular weight is 257 g/mol. The van der Waals surface area contributed by atoms with Crippen LogP contribution in [-0.2, 0) is 14.3 Å². The van der Waals surface area contributed by atoms with Crippen LogP contribution in [0.4, 0.5) is 0 Å². The smallest absolute Gasteiger partial charge is 0.310 e. The summed E-state index contributed by atoms with van der Waals surface area (Å²) in [7, 11) is 0. The van der Waals surface area contributed by atoms with Gasteiger partial charge in [-0.15, -0.1) is 0 Å². The van der Waals surface area contributed by atoms with Gasteiger partial charge in [-0.1, -0.05) is 13.8 Å². The van der Waals surface area contributed by atoms with E-state index in [1.165, 1.54) is 0 Å². The van der Waals surface area contributed by atoms with Crippen molar-refractivity contribution in [2.45, 2.75) is 46.1 Å². The monoisotopic (exact) mass is 257 g/mol. The van der Waals surface area contributed by atoms with Gasteiger partial charge in [-0.3, -0.25) is 9.59 Å². The Labute approximate surface area is 108 Å². The second-order valence-electron chi connectivity index (χ2n) is 5.51. The van der Waals surface area contributed by atoms with Gasteiger partial charge in [-0.2, -0.15) is 0 Å². The first-order valence-electron chi connectivity index (χ1n) is 6.46. The van der Waals surface area contributed by atoms with Crippen LogP contribution in [0.3, 0.4) is 0 Å². The van der Waals surface area contributed by atoms with E-state index in [1.54, 1.807) is 6.92 Å². The van der Waals surface area contributed by atoms with Crippen molar-refractivity contribution in [3.63, 3.8) is 0 Å². The summed E-state index contributed by atoms with van der Waals surface area (Å²) in [4.78, 5) is 23.2. The lowest BCUT2D eigenvalue weighted by molar-refractivity contribution is -0.153. The molecule has 0 aromatic heterocycles. The molecule has 1 fully saturated rings. The molecule has 1 atom stereocenters. The molecule has 0 aromatic rings. The summed E-state index contributed by atoms with van der Waals surface area (Å²) in [6.07, 6.45) is 1.63. The van der Waals surface area contributed by atoms with Gasteiger partial charge in [-0.05, 0) is 25.7 Å². The molecule has 1 unspecified atom stereocenters. The highest BCUT2D eigenvalue weighted by Gasteiger charge is 2.39. The summed E-state index contributed by atoms with van der Waals surface area (Å²) in [5.41, 5.74) is -1.00. The first-order valence-corrected chi connectivity index (χ1v) is 6.46. The van der Waals surface area contributed by atoms with E-state index in [-0.39, 0.29) is 24.3 Å². The second kappa shape index (κ2) is 6.18. The van der Waals surface area contributed by atoms with Crippen LogP contribution in [0.25, 0.3) is 0 Å². The van der Waals surface area contributed by atoms with Gasteiger partial charge >= 0.3 is 5.97 Å². The second-order valence-corrected chi connectivity index (χ2v) is 5.51. The molecule has 1 aliphatic rings. The van der Waals surface area contributed by atoms with Crippen LogP contribution in [0.1, 0.15) is 40.0 Å². The topological polar surface area (TPSA) is 75.6 Å². The Balaban J connectivity index is 2.53. The Morgan fingerprint density at radius 1 is 1.39 bits per heavy atom. The van der Waals surface area contributed by atoms with E-state index in [9.17, 15) is 14.7 Å². The normalized spacial score (nSPS) is 20.4. The molecule has 104 valence electrons. The van der Waals surface area contributed by atoms with Crippen molar-refractivity contribution in [3.05, 3.63) is 0 Å². The van der Waals surface area contributed by atoms with Crippen LogP contribution in [0.2, 0.25) is 0 Å². The van der Waals surface area contributed by atoms with Crippen LogP contribution in [0.5, 0.6) is 0 Å². The minimum absolute atomic E-state index is 0.0252. The molecule has 18 heavy (non-hydrogen) atoms. The summed E-state index contributed by atoms with van der Waals surface area (Å²) in [5, 5.41) is 12.2. The molecule has 1 saturated heterocycles. The highest BCUT2D eigenvalue weighted by Crippen LogP contribution is 2.31. The lowest BCUT2D eigenvalue weighted by Gasteiger charge is -2.30. The van der Waals surface area contributed by atoms with Gasteiger partial charge < -0.3 is 15.2 Å². The Kier molecular flexibility index (Phi) is 5.14. The van der Waals surface area contributed by atoms with Gasteiger partial charge in [0.1, 0.15) is 0 Å². The Morgan fingerprint density at radius 3 is 2.39 bits per heavy atom. The summed E-state index contributed by atoms with van der Waals surface area (Å²) >= 11 is 0. The molecular formula is C13H23NO4. The third kappa shape index (κ3) is 3.70. The van der Waals surface area contributed by atoms with Crippen LogP contribution in [0.15, 0.2) is 0 Å². The van der Waals surface area contributed by atoms with Gasteiger partial charge in [0.2, 0.25) is 5.91 Å². The quantitative estimate of drug-likeness (QED) is 0.781. The SMILES string of the molecule is CC(C)C(C)(CC(=O)NC1CCOCC1)C(=O)O. The minimum atomic E-state index is -1.00. The number of carboxylic acid groups (broad SMARTS) is 1. The van der Waals surface area contributed by atoms with E-state index in [1.807, 2.05) is 13.8 Å². The molecule has 0 radical (unpaired) electrons. The van der Waals surface area contributed by atoms with Gasteiger partial charge in [0, 0.05) is 25.7 Å². The van der Waals surface area contributed by atoms with Gasteiger partial charge in [0.25, 0.3) is 0 Å². The van der Waals surface area contributed by atoms with E-state index in [0.29, 0.717) is 13.2 Å². The first-order chi connectivity index (χ1) is 8.36. The van der Waals surface area contributed by atoms with Crippen molar-refractivity contribution in [1.29, 1.82) is 0 Å². The van der Waals surface area contributed by atoms with Crippen molar-refractivity contribution >= 4 is 11.9 Å². The zero-order chi connectivity index (χ0) is 13.8. The molecule has 0 aliphatic carbocycles. The molecule has 2 N–H and O–H groups in total. The van der Waals surface area contributed by atoms with Crippen LogP contribution in [0, 0.1) is 11.3 Å².